The van der Waals surface area contributed by atoms with Crippen molar-refractivity contribution in [1.82, 2.24) is 5.32 Å². The molecular weight excluding hydrogens is 398 g/mol. The fourth-order valence-corrected chi connectivity index (χ4v) is 4.11. The third kappa shape index (κ3) is 6.66. The number of nitrogens with one attached hydrogen (secondary N) is 1. The highest BCUT2D eigenvalue weighted by molar-refractivity contribution is 7.98. The van der Waals surface area contributed by atoms with Gasteiger partial charge in [-0.25, -0.2) is 0 Å². The zero-order valence-electron chi connectivity index (χ0n) is 16.8. The summed E-state index contributed by atoms with van der Waals surface area (Å²) in [6.07, 6.45) is 0.908. The Hall–Kier alpha value is -2.23. The number of benzene rings is 3. The van der Waals surface area contributed by atoms with Crippen LogP contribution in [-0.4, -0.2) is 5.91 Å². The molecule has 29 heavy (non-hydrogen) atoms. The van der Waals surface area contributed by atoms with Crippen LogP contribution in [0.15, 0.2) is 83.8 Å². The van der Waals surface area contributed by atoms with Gasteiger partial charge in [-0.2, -0.15) is 0 Å². The second-order valence-electron chi connectivity index (χ2n) is 7.51. The third-order valence-corrected chi connectivity index (χ3v) is 5.98. The average Bonchev–Trinajstić information content (AvgIpc) is 2.73. The van der Waals surface area contributed by atoms with Crippen molar-refractivity contribution in [3.8, 4) is 0 Å². The van der Waals surface area contributed by atoms with Crippen LogP contribution in [0.1, 0.15) is 47.8 Å². The summed E-state index contributed by atoms with van der Waals surface area (Å²) >= 11 is 7.68. The van der Waals surface area contributed by atoms with E-state index in [0.717, 1.165) is 22.8 Å². The summed E-state index contributed by atoms with van der Waals surface area (Å²) < 4.78 is 0. The number of hydrogen-bond donors (Lipinski definition) is 1. The van der Waals surface area contributed by atoms with E-state index < -0.39 is 0 Å². The van der Waals surface area contributed by atoms with Gasteiger partial charge in [-0.05, 0) is 59.9 Å². The van der Waals surface area contributed by atoms with Crippen molar-refractivity contribution in [1.29, 1.82) is 0 Å². The monoisotopic (exact) mass is 423 g/mol. The number of amides is 1. The first-order valence-corrected chi connectivity index (χ1v) is 11.2. The van der Waals surface area contributed by atoms with Crippen LogP contribution in [-0.2, 0) is 5.75 Å². The highest BCUT2D eigenvalue weighted by Gasteiger charge is 2.17. The highest BCUT2D eigenvalue weighted by Crippen LogP contribution is 2.25. The van der Waals surface area contributed by atoms with Gasteiger partial charge in [0.05, 0.1) is 6.04 Å². The molecule has 3 rings (SSSR count). The molecule has 0 spiro atoms. The van der Waals surface area contributed by atoms with Crippen molar-refractivity contribution in [3.05, 3.63) is 101 Å². The van der Waals surface area contributed by atoms with Gasteiger partial charge in [0, 0.05) is 21.2 Å². The molecule has 0 radical (unpaired) electrons. The molecule has 0 unspecified atom stereocenters. The van der Waals surface area contributed by atoms with E-state index in [4.69, 9.17) is 11.6 Å². The molecule has 3 aromatic rings. The molecule has 4 heteroatoms. The zero-order valence-corrected chi connectivity index (χ0v) is 18.3. The fraction of sp³-hybridized carbons (Fsp3) is 0.240. The molecule has 150 valence electrons. The van der Waals surface area contributed by atoms with Gasteiger partial charge in [-0.3, -0.25) is 4.79 Å². The first-order valence-electron chi connectivity index (χ1n) is 9.84. The lowest BCUT2D eigenvalue weighted by molar-refractivity contribution is 0.0932. The Morgan fingerprint density at radius 1 is 0.931 bits per heavy atom. The smallest absolute Gasteiger partial charge is 0.251 e. The van der Waals surface area contributed by atoms with Gasteiger partial charge < -0.3 is 5.32 Å². The van der Waals surface area contributed by atoms with Crippen molar-refractivity contribution < 1.29 is 4.79 Å². The predicted octanol–water partition coefficient (Wildman–Crippen LogP) is 7.15. The molecular formula is C25H26ClNOS. The number of halogens is 1. The average molecular weight is 424 g/mol. The molecule has 0 aliphatic heterocycles. The zero-order chi connectivity index (χ0) is 20.6. The van der Waals surface area contributed by atoms with Gasteiger partial charge in [-0.15, -0.1) is 11.8 Å². The maximum absolute atomic E-state index is 12.8. The summed E-state index contributed by atoms with van der Waals surface area (Å²) in [5.74, 6) is 1.31. The second-order valence-corrected chi connectivity index (χ2v) is 8.99. The Labute approximate surface area is 182 Å². The van der Waals surface area contributed by atoms with Gasteiger partial charge in [0.1, 0.15) is 0 Å². The largest absolute Gasteiger partial charge is 0.345 e. The molecule has 0 aliphatic carbocycles. The van der Waals surface area contributed by atoms with Crippen molar-refractivity contribution in [2.75, 3.05) is 0 Å². The second kappa shape index (κ2) is 10.5. The van der Waals surface area contributed by atoms with E-state index >= 15 is 0 Å². The number of thioether (sulfide) groups is 1. The Morgan fingerprint density at radius 2 is 1.59 bits per heavy atom. The molecule has 0 saturated heterocycles. The molecule has 1 N–H and O–H groups in total. The van der Waals surface area contributed by atoms with Crippen LogP contribution in [0.4, 0.5) is 0 Å². The molecule has 2 nitrogen and oxygen atoms in total. The molecule has 3 aromatic carbocycles. The Morgan fingerprint density at radius 3 is 2.21 bits per heavy atom. The predicted molar refractivity (Wildman–Crippen MR) is 124 cm³/mol. The maximum Gasteiger partial charge on any atom is 0.251 e. The van der Waals surface area contributed by atoms with E-state index in [2.05, 4.69) is 31.3 Å². The highest BCUT2D eigenvalue weighted by atomic mass is 35.5. The Bertz CT molecular complexity index is 908. The van der Waals surface area contributed by atoms with Gasteiger partial charge in [0.25, 0.3) is 5.91 Å². The quantitative estimate of drug-likeness (QED) is 0.390. The number of hydrogen-bond acceptors (Lipinski definition) is 2. The molecule has 0 bridgehead atoms. The van der Waals surface area contributed by atoms with Crippen LogP contribution in [0.2, 0.25) is 5.02 Å². The fourth-order valence-electron chi connectivity index (χ4n) is 3.13. The van der Waals surface area contributed by atoms with Crippen molar-refractivity contribution >= 4 is 29.3 Å². The van der Waals surface area contributed by atoms with Crippen LogP contribution >= 0.6 is 23.4 Å². The van der Waals surface area contributed by atoms with E-state index in [1.807, 2.05) is 66.7 Å². The van der Waals surface area contributed by atoms with Crippen LogP contribution in [0, 0.1) is 5.92 Å². The minimum atomic E-state index is -0.0311. The third-order valence-electron chi connectivity index (χ3n) is 4.65. The van der Waals surface area contributed by atoms with Gasteiger partial charge in [0.15, 0.2) is 0 Å². The summed E-state index contributed by atoms with van der Waals surface area (Å²) in [5.41, 5.74) is 3.02. The van der Waals surface area contributed by atoms with Crippen LogP contribution in [0.5, 0.6) is 0 Å². The van der Waals surface area contributed by atoms with Crippen LogP contribution < -0.4 is 5.32 Å². The number of rotatable bonds is 8. The van der Waals surface area contributed by atoms with Crippen molar-refractivity contribution in [2.45, 2.75) is 37.0 Å². The minimum absolute atomic E-state index is 0.0174. The van der Waals surface area contributed by atoms with Crippen molar-refractivity contribution in [3.63, 3.8) is 0 Å². The Balaban J connectivity index is 1.62. The summed E-state index contributed by atoms with van der Waals surface area (Å²) in [6.45, 7) is 4.35. The molecule has 0 aromatic heterocycles. The van der Waals surface area contributed by atoms with Crippen molar-refractivity contribution in [2.24, 2.45) is 5.92 Å². The SMILES string of the molecule is CC(C)C[C@H](NC(=O)c1ccc(CSc2ccc(Cl)cc2)cc1)c1ccccc1. The summed E-state index contributed by atoms with van der Waals surface area (Å²) in [5, 5.41) is 3.95. The van der Waals surface area contributed by atoms with E-state index in [0.29, 0.717) is 11.5 Å². The molecule has 0 aliphatic rings. The first-order chi connectivity index (χ1) is 14.0. The molecule has 0 heterocycles. The van der Waals surface area contributed by atoms with Gasteiger partial charge in [0.2, 0.25) is 0 Å². The summed E-state index contributed by atoms with van der Waals surface area (Å²) in [4.78, 5) is 14.0. The lowest BCUT2D eigenvalue weighted by Crippen LogP contribution is -2.29. The topological polar surface area (TPSA) is 29.1 Å². The molecule has 1 atom stereocenters. The Kier molecular flexibility index (Phi) is 7.79. The summed E-state index contributed by atoms with van der Waals surface area (Å²) in [7, 11) is 0. The molecule has 0 saturated carbocycles. The normalized spacial score (nSPS) is 12.0. The number of carbonyl (C=O) groups excluding carboxylic acids is 1. The van der Waals surface area contributed by atoms with Gasteiger partial charge >= 0.3 is 0 Å². The minimum Gasteiger partial charge on any atom is -0.345 e. The van der Waals surface area contributed by atoms with E-state index in [-0.39, 0.29) is 11.9 Å². The van der Waals surface area contributed by atoms with Crippen LogP contribution in [0.3, 0.4) is 0 Å². The lowest BCUT2D eigenvalue weighted by Gasteiger charge is -2.21. The molecule has 1 amide bonds. The van der Waals surface area contributed by atoms with Crippen LogP contribution in [0.25, 0.3) is 0 Å². The van der Waals surface area contributed by atoms with E-state index in [9.17, 15) is 4.79 Å². The summed E-state index contributed by atoms with van der Waals surface area (Å²) in [6, 6.07) is 25.9. The number of carbonyl (C=O) groups is 1. The van der Waals surface area contributed by atoms with E-state index in [1.54, 1.807) is 11.8 Å². The first kappa shape index (κ1) is 21.5. The standard InChI is InChI=1S/C25H26ClNOS/c1-18(2)16-24(20-6-4-3-5-7-20)27-25(28)21-10-8-19(9-11-21)17-29-23-14-12-22(26)13-15-23/h3-15,18,24H,16-17H2,1-2H3,(H,27,28)/t24-/m0/s1. The van der Waals surface area contributed by atoms with Gasteiger partial charge in [-0.1, -0.05) is 67.9 Å². The van der Waals surface area contributed by atoms with E-state index in [1.165, 1.54) is 10.5 Å². The maximum atomic E-state index is 12.8. The lowest BCUT2D eigenvalue weighted by atomic mass is 9.96. The molecule has 0 fully saturated rings.